The molecule has 1 saturated carbocycles. The van der Waals surface area contributed by atoms with E-state index in [9.17, 15) is 8.42 Å². The van der Waals surface area contributed by atoms with Crippen LogP contribution in [0.3, 0.4) is 0 Å². The standard InChI is InChI=1S/C15H24N2O3S/c1-3-21(18,19)17-15-7-5-4-6-13(15)11-20-14-9-8-12(2)16-10-14/h8-10,13,15,17H,3-7,11H2,1-2H3/t13-,15+/m0/s1. The molecule has 1 aliphatic rings. The quantitative estimate of drug-likeness (QED) is 0.875. The second-order valence-electron chi connectivity index (χ2n) is 5.62. The number of ether oxygens (including phenoxy) is 1. The van der Waals surface area contributed by atoms with Crippen LogP contribution in [0, 0.1) is 12.8 Å². The summed E-state index contributed by atoms with van der Waals surface area (Å²) in [6.07, 6.45) is 5.79. The molecule has 6 heteroatoms. The molecule has 1 aliphatic carbocycles. The normalized spacial score (nSPS) is 23.0. The average Bonchev–Trinajstić information content (AvgIpc) is 2.48. The molecule has 21 heavy (non-hydrogen) atoms. The summed E-state index contributed by atoms with van der Waals surface area (Å²) in [6, 6.07) is 3.80. The van der Waals surface area contributed by atoms with Crippen molar-refractivity contribution >= 4 is 10.0 Å². The Morgan fingerprint density at radius 2 is 2.10 bits per heavy atom. The summed E-state index contributed by atoms with van der Waals surface area (Å²) >= 11 is 0. The van der Waals surface area contributed by atoms with Gasteiger partial charge in [-0.25, -0.2) is 13.1 Å². The van der Waals surface area contributed by atoms with Crippen LogP contribution in [0.5, 0.6) is 5.75 Å². The fourth-order valence-corrected chi connectivity index (χ4v) is 3.56. The fourth-order valence-electron chi connectivity index (χ4n) is 2.62. The summed E-state index contributed by atoms with van der Waals surface area (Å²) in [5.74, 6) is 1.09. The van der Waals surface area contributed by atoms with Gasteiger partial charge in [-0.1, -0.05) is 12.8 Å². The maximum absolute atomic E-state index is 11.8. The maximum Gasteiger partial charge on any atom is 0.211 e. The Hall–Kier alpha value is -1.14. The summed E-state index contributed by atoms with van der Waals surface area (Å²) in [5.41, 5.74) is 0.952. The summed E-state index contributed by atoms with van der Waals surface area (Å²) in [5, 5.41) is 0. The van der Waals surface area contributed by atoms with Crippen LogP contribution in [0.1, 0.15) is 38.3 Å². The van der Waals surface area contributed by atoms with Crippen molar-refractivity contribution in [2.75, 3.05) is 12.4 Å². The Morgan fingerprint density at radius 3 is 2.76 bits per heavy atom. The van der Waals surface area contributed by atoms with Crippen molar-refractivity contribution in [3.05, 3.63) is 24.0 Å². The average molecular weight is 312 g/mol. The Balaban J connectivity index is 1.94. The zero-order valence-electron chi connectivity index (χ0n) is 12.7. The highest BCUT2D eigenvalue weighted by molar-refractivity contribution is 7.89. The minimum Gasteiger partial charge on any atom is -0.492 e. The van der Waals surface area contributed by atoms with Crippen LogP contribution in [-0.2, 0) is 10.0 Å². The zero-order valence-corrected chi connectivity index (χ0v) is 13.5. The van der Waals surface area contributed by atoms with Crippen molar-refractivity contribution in [1.82, 2.24) is 9.71 Å². The predicted molar refractivity (Wildman–Crippen MR) is 82.8 cm³/mol. The van der Waals surface area contributed by atoms with Gasteiger partial charge in [-0.05, 0) is 38.8 Å². The SMILES string of the molecule is CCS(=O)(=O)N[C@@H]1CCCC[C@H]1COc1ccc(C)nc1. The van der Waals surface area contributed by atoms with Crippen molar-refractivity contribution in [3.63, 3.8) is 0 Å². The fraction of sp³-hybridized carbons (Fsp3) is 0.667. The first-order valence-electron chi connectivity index (χ1n) is 7.55. The van der Waals surface area contributed by atoms with E-state index in [4.69, 9.17) is 4.74 Å². The molecule has 0 bridgehead atoms. The van der Waals surface area contributed by atoms with E-state index in [0.29, 0.717) is 6.61 Å². The lowest BCUT2D eigenvalue weighted by atomic mass is 9.86. The van der Waals surface area contributed by atoms with E-state index in [1.54, 1.807) is 13.1 Å². The summed E-state index contributed by atoms with van der Waals surface area (Å²) in [7, 11) is -3.16. The molecule has 0 amide bonds. The molecule has 118 valence electrons. The van der Waals surface area contributed by atoms with Crippen LogP contribution in [0.2, 0.25) is 0 Å². The van der Waals surface area contributed by atoms with Gasteiger partial charge in [-0.2, -0.15) is 0 Å². The molecule has 2 rings (SSSR count). The second-order valence-corrected chi connectivity index (χ2v) is 7.66. The number of hydrogen-bond acceptors (Lipinski definition) is 4. The number of nitrogens with zero attached hydrogens (tertiary/aromatic N) is 1. The highest BCUT2D eigenvalue weighted by atomic mass is 32.2. The van der Waals surface area contributed by atoms with Crippen LogP contribution in [-0.4, -0.2) is 31.8 Å². The van der Waals surface area contributed by atoms with Gasteiger partial charge in [0.2, 0.25) is 10.0 Å². The van der Waals surface area contributed by atoms with Crippen molar-refractivity contribution < 1.29 is 13.2 Å². The number of nitrogens with one attached hydrogen (secondary N) is 1. The van der Waals surface area contributed by atoms with Crippen molar-refractivity contribution in [2.24, 2.45) is 5.92 Å². The molecule has 0 radical (unpaired) electrons. The lowest BCUT2D eigenvalue weighted by molar-refractivity contribution is 0.180. The first-order chi connectivity index (χ1) is 10.00. The van der Waals surface area contributed by atoms with E-state index in [1.165, 1.54) is 0 Å². The van der Waals surface area contributed by atoms with Gasteiger partial charge in [0.1, 0.15) is 5.75 Å². The number of pyridine rings is 1. The van der Waals surface area contributed by atoms with Crippen molar-refractivity contribution in [2.45, 2.75) is 45.6 Å². The molecule has 1 fully saturated rings. The van der Waals surface area contributed by atoms with Gasteiger partial charge in [-0.15, -0.1) is 0 Å². The number of rotatable bonds is 6. The molecule has 1 aromatic rings. The molecule has 0 aliphatic heterocycles. The van der Waals surface area contributed by atoms with Gasteiger partial charge in [0.15, 0.2) is 0 Å². The monoisotopic (exact) mass is 312 g/mol. The minimum atomic E-state index is -3.16. The van der Waals surface area contributed by atoms with E-state index in [0.717, 1.165) is 37.1 Å². The van der Waals surface area contributed by atoms with Gasteiger partial charge >= 0.3 is 0 Å². The molecular formula is C15H24N2O3S. The number of hydrogen-bond donors (Lipinski definition) is 1. The van der Waals surface area contributed by atoms with Crippen LogP contribution in [0.25, 0.3) is 0 Å². The molecule has 5 nitrogen and oxygen atoms in total. The summed E-state index contributed by atoms with van der Waals surface area (Å²) in [6.45, 7) is 4.12. The summed E-state index contributed by atoms with van der Waals surface area (Å²) in [4.78, 5) is 4.20. The van der Waals surface area contributed by atoms with E-state index < -0.39 is 10.0 Å². The minimum absolute atomic E-state index is 0.0119. The van der Waals surface area contributed by atoms with Crippen LogP contribution in [0.15, 0.2) is 18.3 Å². The molecule has 1 heterocycles. The second kappa shape index (κ2) is 7.22. The van der Waals surface area contributed by atoms with E-state index >= 15 is 0 Å². The highest BCUT2D eigenvalue weighted by Gasteiger charge is 2.28. The van der Waals surface area contributed by atoms with Crippen molar-refractivity contribution in [1.29, 1.82) is 0 Å². The molecule has 0 aromatic carbocycles. The third-order valence-electron chi connectivity index (χ3n) is 3.97. The first-order valence-corrected chi connectivity index (χ1v) is 9.21. The van der Waals surface area contributed by atoms with Gasteiger partial charge in [0, 0.05) is 17.7 Å². The van der Waals surface area contributed by atoms with Gasteiger partial charge in [0.25, 0.3) is 0 Å². The van der Waals surface area contributed by atoms with Crippen LogP contribution >= 0.6 is 0 Å². The smallest absolute Gasteiger partial charge is 0.211 e. The molecular weight excluding hydrogens is 288 g/mol. The van der Waals surface area contributed by atoms with E-state index in [1.807, 2.05) is 19.1 Å². The zero-order chi connectivity index (χ0) is 15.3. The van der Waals surface area contributed by atoms with E-state index in [-0.39, 0.29) is 17.7 Å². The molecule has 0 unspecified atom stereocenters. The maximum atomic E-state index is 11.8. The third-order valence-corrected chi connectivity index (χ3v) is 5.39. The Bertz CT molecular complexity index is 543. The molecule has 0 saturated heterocycles. The topological polar surface area (TPSA) is 68.3 Å². The molecule has 2 atom stereocenters. The number of sulfonamides is 1. The van der Waals surface area contributed by atoms with E-state index in [2.05, 4.69) is 9.71 Å². The highest BCUT2D eigenvalue weighted by Crippen LogP contribution is 2.26. The number of aryl methyl sites for hydroxylation is 1. The molecule has 1 aromatic heterocycles. The lowest BCUT2D eigenvalue weighted by Gasteiger charge is -2.31. The first kappa shape index (κ1) is 16.2. The van der Waals surface area contributed by atoms with Crippen LogP contribution < -0.4 is 9.46 Å². The Kier molecular flexibility index (Phi) is 5.58. The van der Waals surface area contributed by atoms with Crippen LogP contribution in [0.4, 0.5) is 0 Å². The third kappa shape index (κ3) is 4.97. The number of aromatic nitrogens is 1. The van der Waals surface area contributed by atoms with Gasteiger partial charge < -0.3 is 4.74 Å². The Labute approximate surface area is 127 Å². The Morgan fingerprint density at radius 1 is 1.33 bits per heavy atom. The largest absolute Gasteiger partial charge is 0.492 e. The van der Waals surface area contributed by atoms with Crippen molar-refractivity contribution in [3.8, 4) is 5.75 Å². The molecule has 0 spiro atoms. The lowest BCUT2D eigenvalue weighted by Crippen LogP contribution is -2.44. The van der Waals surface area contributed by atoms with Gasteiger partial charge in [-0.3, -0.25) is 4.98 Å². The predicted octanol–water partition coefficient (Wildman–Crippen LogP) is 2.27. The molecule has 1 N–H and O–H groups in total. The van der Waals surface area contributed by atoms with Gasteiger partial charge in [0.05, 0.1) is 18.6 Å². The summed E-state index contributed by atoms with van der Waals surface area (Å²) < 4.78 is 32.1.